The number of aryl methyl sites for hydroxylation is 1. The Labute approximate surface area is 190 Å². The van der Waals surface area contributed by atoms with Crippen LogP contribution >= 0.6 is 0 Å². The maximum absolute atomic E-state index is 11.8. The summed E-state index contributed by atoms with van der Waals surface area (Å²) in [5.41, 5.74) is 1.30. The van der Waals surface area contributed by atoms with Crippen molar-refractivity contribution in [1.82, 2.24) is 5.32 Å². The fourth-order valence-electron chi connectivity index (χ4n) is 5.18. The minimum Gasteiger partial charge on any atom is -0.394 e. The zero-order valence-corrected chi connectivity index (χ0v) is 18.9. The second-order valence-electron chi connectivity index (χ2n) is 9.54. The summed E-state index contributed by atoms with van der Waals surface area (Å²) in [6, 6.07) is 8.08. The number of aliphatic hydroxyl groups excluding tert-OH is 1. The molecule has 2 saturated heterocycles. The number of aliphatic hydroxyl groups is 2. The Balaban J connectivity index is 1.35. The first kappa shape index (κ1) is 23.3. The number of carbonyl (C=O) groups excluding carboxylic acids is 1. The van der Waals surface area contributed by atoms with Gasteiger partial charge in [-0.15, -0.1) is 0 Å². The topological polar surface area (TPSA) is 88.0 Å². The summed E-state index contributed by atoms with van der Waals surface area (Å²) in [6.45, 7) is 1.56. The largest absolute Gasteiger partial charge is 0.394 e. The molecular formula is C26H35NO5. The molecule has 0 spiro atoms. The molecule has 3 aliphatic rings. The van der Waals surface area contributed by atoms with E-state index in [-0.39, 0.29) is 43.0 Å². The highest BCUT2D eigenvalue weighted by Crippen LogP contribution is 2.33. The minimum absolute atomic E-state index is 0.0202. The van der Waals surface area contributed by atoms with E-state index in [0.29, 0.717) is 6.42 Å². The van der Waals surface area contributed by atoms with Crippen LogP contribution in [0.5, 0.6) is 0 Å². The van der Waals surface area contributed by atoms with Gasteiger partial charge in [0.25, 0.3) is 0 Å². The van der Waals surface area contributed by atoms with E-state index in [1.807, 2.05) is 12.1 Å². The molecule has 1 saturated carbocycles. The maximum atomic E-state index is 11.8. The number of hydrogen-bond acceptors (Lipinski definition) is 5. The average molecular weight is 442 g/mol. The minimum atomic E-state index is -0.812. The second kappa shape index (κ2) is 10.4. The summed E-state index contributed by atoms with van der Waals surface area (Å²) in [5, 5.41) is 22.9. The number of ether oxygens (including phenoxy) is 2. The molecule has 0 radical (unpaired) electrons. The third-order valence-electron chi connectivity index (χ3n) is 6.97. The summed E-state index contributed by atoms with van der Waals surface area (Å²) in [7, 11) is 0. The van der Waals surface area contributed by atoms with Gasteiger partial charge in [0.2, 0.25) is 5.91 Å². The lowest BCUT2D eigenvalue weighted by atomic mass is 9.88. The summed E-state index contributed by atoms with van der Waals surface area (Å²) in [4.78, 5) is 11.8. The molecule has 6 heteroatoms. The van der Waals surface area contributed by atoms with Crippen molar-refractivity contribution in [3.8, 4) is 11.8 Å². The predicted octanol–water partition coefficient (Wildman–Crippen LogP) is 2.48. The van der Waals surface area contributed by atoms with Crippen LogP contribution in [-0.4, -0.2) is 58.8 Å². The molecule has 32 heavy (non-hydrogen) atoms. The first-order chi connectivity index (χ1) is 15.4. The molecule has 0 aromatic heterocycles. The molecule has 3 fully saturated rings. The highest BCUT2D eigenvalue weighted by atomic mass is 16.6. The highest BCUT2D eigenvalue weighted by Gasteiger charge is 2.42. The van der Waals surface area contributed by atoms with Crippen LogP contribution in [0.1, 0.15) is 69.4 Å². The van der Waals surface area contributed by atoms with Gasteiger partial charge < -0.3 is 25.0 Å². The van der Waals surface area contributed by atoms with Crippen LogP contribution in [0.4, 0.5) is 0 Å². The molecule has 0 unspecified atom stereocenters. The predicted molar refractivity (Wildman–Crippen MR) is 121 cm³/mol. The number of carbonyl (C=O) groups is 1. The lowest BCUT2D eigenvalue weighted by Gasteiger charge is -2.45. The zero-order chi connectivity index (χ0) is 22.6. The number of nitrogens with one attached hydrogen (secondary N) is 1. The van der Waals surface area contributed by atoms with E-state index >= 15 is 0 Å². The van der Waals surface area contributed by atoms with E-state index in [9.17, 15) is 15.0 Å². The molecule has 1 aromatic carbocycles. The standard InChI is InChI=1S/C26H35NO5/c1-18(29)27-22-16-25-24(11-9-21(17-28)31-25)32-23(22)10-8-19-4-6-20(7-5-19)12-15-26(30)13-2-3-14-26/h4-7,21-25,28,30H,2-3,8-11,13-14,16-17H2,1H3,(H,27,29)/t21-,22+,23+,24-,25-/m0/s1. The number of fused-ring (bicyclic) bond motifs is 1. The molecule has 4 rings (SSSR count). The van der Waals surface area contributed by atoms with Crippen LogP contribution in [0.3, 0.4) is 0 Å². The molecule has 2 heterocycles. The van der Waals surface area contributed by atoms with Gasteiger partial charge in [-0.3, -0.25) is 4.79 Å². The van der Waals surface area contributed by atoms with Gasteiger partial charge in [-0.2, -0.15) is 0 Å². The van der Waals surface area contributed by atoms with Crippen molar-refractivity contribution < 1.29 is 24.5 Å². The molecule has 1 amide bonds. The van der Waals surface area contributed by atoms with Crippen LogP contribution in [0.25, 0.3) is 0 Å². The quantitative estimate of drug-likeness (QED) is 0.611. The second-order valence-corrected chi connectivity index (χ2v) is 9.54. The van der Waals surface area contributed by atoms with E-state index in [0.717, 1.165) is 56.9 Å². The summed E-state index contributed by atoms with van der Waals surface area (Å²) in [5.74, 6) is 6.11. The van der Waals surface area contributed by atoms with Crippen molar-refractivity contribution >= 4 is 5.91 Å². The van der Waals surface area contributed by atoms with E-state index in [1.54, 1.807) is 0 Å². The van der Waals surface area contributed by atoms with Gasteiger partial charge in [0.15, 0.2) is 0 Å². The Morgan fingerprint density at radius 2 is 1.91 bits per heavy atom. The van der Waals surface area contributed by atoms with Crippen LogP contribution in [0.15, 0.2) is 24.3 Å². The molecule has 1 aromatic rings. The van der Waals surface area contributed by atoms with Crippen LogP contribution < -0.4 is 5.32 Å². The molecule has 174 valence electrons. The van der Waals surface area contributed by atoms with Crippen molar-refractivity contribution in [2.24, 2.45) is 0 Å². The Morgan fingerprint density at radius 1 is 1.16 bits per heavy atom. The monoisotopic (exact) mass is 441 g/mol. The van der Waals surface area contributed by atoms with Crippen molar-refractivity contribution in [2.45, 2.75) is 101 Å². The highest BCUT2D eigenvalue weighted by molar-refractivity contribution is 5.73. The molecule has 6 nitrogen and oxygen atoms in total. The van der Waals surface area contributed by atoms with Crippen LogP contribution in [0.2, 0.25) is 0 Å². The normalized spacial score (nSPS) is 31.3. The van der Waals surface area contributed by atoms with Gasteiger partial charge in [-0.1, -0.05) is 24.0 Å². The Kier molecular flexibility index (Phi) is 7.52. The Morgan fingerprint density at radius 3 is 2.59 bits per heavy atom. The first-order valence-corrected chi connectivity index (χ1v) is 12.0. The summed E-state index contributed by atoms with van der Waals surface area (Å²) < 4.78 is 12.4. The average Bonchev–Trinajstić information content (AvgIpc) is 3.23. The van der Waals surface area contributed by atoms with Crippen molar-refractivity contribution in [1.29, 1.82) is 0 Å². The van der Waals surface area contributed by atoms with Crippen LogP contribution in [-0.2, 0) is 20.7 Å². The van der Waals surface area contributed by atoms with Crippen molar-refractivity contribution in [3.05, 3.63) is 35.4 Å². The molecule has 0 bridgehead atoms. The third kappa shape index (κ3) is 5.90. The Bertz CT molecular complexity index is 836. The SMILES string of the molecule is CC(=O)N[C@@H]1C[C@@H]2O[C@H](CO)CC[C@@H]2O[C@@H]1CCc1ccc(C#CC2(O)CCCC2)cc1. The van der Waals surface area contributed by atoms with Gasteiger partial charge in [-0.25, -0.2) is 0 Å². The molecule has 3 N–H and O–H groups in total. The van der Waals surface area contributed by atoms with E-state index < -0.39 is 5.60 Å². The number of amides is 1. The van der Waals surface area contributed by atoms with E-state index in [4.69, 9.17) is 9.47 Å². The first-order valence-electron chi connectivity index (χ1n) is 12.0. The van der Waals surface area contributed by atoms with Crippen LogP contribution in [0, 0.1) is 11.8 Å². The number of rotatable bonds is 5. The Hall–Kier alpha value is -1.91. The van der Waals surface area contributed by atoms with E-state index in [1.165, 1.54) is 12.5 Å². The molecule has 1 aliphatic carbocycles. The lowest BCUT2D eigenvalue weighted by molar-refractivity contribution is -0.202. The fraction of sp³-hybridized carbons (Fsp3) is 0.654. The van der Waals surface area contributed by atoms with Crippen molar-refractivity contribution in [2.75, 3.05) is 6.61 Å². The maximum Gasteiger partial charge on any atom is 0.217 e. The number of benzene rings is 1. The third-order valence-corrected chi connectivity index (χ3v) is 6.97. The van der Waals surface area contributed by atoms with Gasteiger partial charge >= 0.3 is 0 Å². The van der Waals surface area contributed by atoms with E-state index in [2.05, 4.69) is 29.3 Å². The molecule has 2 aliphatic heterocycles. The summed E-state index contributed by atoms with van der Waals surface area (Å²) >= 11 is 0. The van der Waals surface area contributed by atoms with Gasteiger partial charge in [0, 0.05) is 12.5 Å². The number of hydrogen-bond donors (Lipinski definition) is 3. The molecule has 5 atom stereocenters. The summed E-state index contributed by atoms with van der Waals surface area (Å²) in [6.07, 6.45) is 7.40. The lowest BCUT2D eigenvalue weighted by Crippen LogP contribution is -2.57. The smallest absolute Gasteiger partial charge is 0.217 e. The molecular weight excluding hydrogens is 406 g/mol. The van der Waals surface area contributed by atoms with Gasteiger partial charge in [0.1, 0.15) is 5.60 Å². The zero-order valence-electron chi connectivity index (χ0n) is 18.9. The van der Waals surface area contributed by atoms with Crippen molar-refractivity contribution in [3.63, 3.8) is 0 Å². The van der Waals surface area contributed by atoms with Gasteiger partial charge in [0.05, 0.1) is 37.1 Å². The fourth-order valence-corrected chi connectivity index (χ4v) is 5.18. The van der Waals surface area contributed by atoms with Gasteiger partial charge in [-0.05, 0) is 75.5 Å².